The lowest BCUT2D eigenvalue weighted by molar-refractivity contribution is 0.130. The Bertz CT molecular complexity index is 526. The van der Waals surface area contributed by atoms with Gasteiger partial charge < -0.3 is 10.6 Å². The summed E-state index contributed by atoms with van der Waals surface area (Å²) in [6.07, 6.45) is 5.28. The standard InChI is InChI=1S/C19H29N5/c1-3-10-21-19(20-4-2)22-11-12-23-13-15-24(16-14-23)17-18-8-6-5-7-9-18/h1,5-9H,4,10-17H2,2H3,(H2,20,21,22). The smallest absolute Gasteiger partial charge is 0.192 e. The van der Waals surface area contributed by atoms with Crippen LogP contribution < -0.4 is 10.6 Å². The summed E-state index contributed by atoms with van der Waals surface area (Å²) in [4.78, 5) is 9.58. The van der Waals surface area contributed by atoms with Gasteiger partial charge in [-0.25, -0.2) is 0 Å². The lowest BCUT2D eigenvalue weighted by Gasteiger charge is -2.34. The van der Waals surface area contributed by atoms with E-state index in [1.165, 1.54) is 5.56 Å². The fourth-order valence-electron chi connectivity index (χ4n) is 2.79. The second-order valence-corrected chi connectivity index (χ2v) is 5.92. The molecule has 1 aromatic carbocycles. The summed E-state index contributed by atoms with van der Waals surface area (Å²) in [6.45, 7) is 10.7. The van der Waals surface area contributed by atoms with Crippen LogP contribution in [-0.4, -0.2) is 68.1 Å². The predicted octanol–water partition coefficient (Wildman–Crippen LogP) is 0.993. The highest BCUT2D eigenvalue weighted by atomic mass is 15.3. The maximum Gasteiger partial charge on any atom is 0.192 e. The third-order valence-electron chi connectivity index (χ3n) is 4.10. The van der Waals surface area contributed by atoms with Crippen LogP contribution in [0.3, 0.4) is 0 Å². The number of terminal acetylenes is 1. The Kier molecular flexibility index (Phi) is 8.16. The fourth-order valence-corrected chi connectivity index (χ4v) is 2.79. The second kappa shape index (κ2) is 10.7. The van der Waals surface area contributed by atoms with Crippen molar-refractivity contribution < 1.29 is 0 Å². The number of guanidine groups is 1. The van der Waals surface area contributed by atoms with Crippen LogP contribution in [0, 0.1) is 12.3 Å². The third-order valence-corrected chi connectivity index (χ3v) is 4.10. The van der Waals surface area contributed by atoms with E-state index in [4.69, 9.17) is 6.42 Å². The first-order valence-electron chi connectivity index (χ1n) is 8.76. The molecular formula is C19H29N5. The quantitative estimate of drug-likeness (QED) is 0.445. The molecule has 1 fully saturated rings. The van der Waals surface area contributed by atoms with E-state index in [0.29, 0.717) is 6.54 Å². The van der Waals surface area contributed by atoms with Crippen molar-refractivity contribution >= 4 is 5.96 Å². The molecule has 1 aliphatic heterocycles. The Morgan fingerprint density at radius 2 is 1.83 bits per heavy atom. The van der Waals surface area contributed by atoms with E-state index in [0.717, 1.165) is 58.3 Å². The number of aliphatic imine (C=N–C) groups is 1. The fraction of sp³-hybridized carbons (Fsp3) is 0.526. The highest BCUT2D eigenvalue weighted by Crippen LogP contribution is 2.08. The molecule has 0 atom stereocenters. The minimum absolute atomic E-state index is 0.504. The molecule has 0 aliphatic carbocycles. The first kappa shape index (κ1) is 18.3. The average molecular weight is 327 g/mol. The minimum Gasteiger partial charge on any atom is -0.357 e. The van der Waals surface area contributed by atoms with E-state index in [1.54, 1.807) is 0 Å². The highest BCUT2D eigenvalue weighted by Gasteiger charge is 2.16. The number of hydrogen-bond donors (Lipinski definition) is 2. The Hall–Kier alpha value is -2.03. The third kappa shape index (κ3) is 6.61. The number of nitrogens with zero attached hydrogens (tertiary/aromatic N) is 3. The lowest BCUT2D eigenvalue weighted by atomic mass is 10.2. The van der Waals surface area contributed by atoms with Crippen molar-refractivity contribution in [3.05, 3.63) is 35.9 Å². The molecule has 0 unspecified atom stereocenters. The summed E-state index contributed by atoms with van der Waals surface area (Å²) >= 11 is 0. The van der Waals surface area contributed by atoms with Gasteiger partial charge in [0.2, 0.25) is 0 Å². The van der Waals surface area contributed by atoms with Gasteiger partial charge in [-0.1, -0.05) is 36.3 Å². The summed E-state index contributed by atoms with van der Waals surface area (Å²) in [5.41, 5.74) is 1.39. The zero-order chi connectivity index (χ0) is 17.0. The normalized spacial score (nSPS) is 16.6. The molecule has 1 saturated heterocycles. The molecule has 5 heteroatoms. The van der Waals surface area contributed by atoms with Crippen LogP contribution in [0.5, 0.6) is 0 Å². The summed E-state index contributed by atoms with van der Waals surface area (Å²) in [5.74, 6) is 3.38. The molecular weight excluding hydrogens is 298 g/mol. The van der Waals surface area contributed by atoms with E-state index >= 15 is 0 Å². The van der Waals surface area contributed by atoms with Crippen molar-refractivity contribution in [1.29, 1.82) is 0 Å². The van der Waals surface area contributed by atoms with Gasteiger partial charge in [0.1, 0.15) is 0 Å². The molecule has 5 nitrogen and oxygen atoms in total. The van der Waals surface area contributed by atoms with Gasteiger partial charge in [0.15, 0.2) is 5.96 Å². The molecule has 0 saturated carbocycles. The first-order chi connectivity index (χ1) is 11.8. The lowest BCUT2D eigenvalue weighted by Crippen LogP contribution is -2.46. The van der Waals surface area contributed by atoms with Gasteiger partial charge in [0, 0.05) is 45.8 Å². The molecule has 2 N–H and O–H groups in total. The molecule has 0 spiro atoms. The molecule has 24 heavy (non-hydrogen) atoms. The van der Waals surface area contributed by atoms with Gasteiger partial charge in [-0.15, -0.1) is 6.42 Å². The molecule has 0 aromatic heterocycles. The van der Waals surface area contributed by atoms with Gasteiger partial charge in [0.25, 0.3) is 0 Å². The topological polar surface area (TPSA) is 42.9 Å². The molecule has 0 amide bonds. The zero-order valence-electron chi connectivity index (χ0n) is 14.7. The SMILES string of the molecule is C#CCNC(=NCCN1CCN(Cc2ccccc2)CC1)NCC. The summed E-state index contributed by atoms with van der Waals surface area (Å²) in [5, 5.41) is 6.32. The maximum absolute atomic E-state index is 5.28. The van der Waals surface area contributed by atoms with Crippen molar-refractivity contribution in [2.45, 2.75) is 13.5 Å². The van der Waals surface area contributed by atoms with Crippen molar-refractivity contribution in [3.8, 4) is 12.3 Å². The first-order valence-corrected chi connectivity index (χ1v) is 8.76. The van der Waals surface area contributed by atoms with E-state index < -0.39 is 0 Å². The van der Waals surface area contributed by atoms with Crippen molar-refractivity contribution in [2.75, 3.05) is 52.4 Å². The van der Waals surface area contributed by atoms with Crippen LogP contribution in [0.15, 0.2) is 35.3 Å². The van der Waals surface area contributed by atoms with Gasteiger partial charge in [0.05, 0.1) is 13.1 Å². The molecule has 0 bridgehead atoms. The number of piperazine rings is 1. The number of benzene rings is 1. The minimum atomic E-state index is 0.504. The monoisotopic (exact) mass is 327 g/mol. The van der Waals surface area contributed by atoms with E-state index in [2.05, 4.69) is 68.6 Å². The number of nitrogens with one attached hydrogen (secondary N) is 2. The van der Waals surface area contributed by atoms with Gasteiger partial charge in [-0.05, 0) is 12.5 Å². The molecule has 1 aromatic rings. The summed E-state index contributed by atoms with van der Waals surface area (Å²) in [6, 6.07) is 10.7. The van der Waals surface area contributed by atoms with Crippen LogP contribution in [0.2, 0.25) is 0 Å². The Balaban J connectivity index is 1.68. The Morgan fingerprint density at radius 3 is 2.50 bits per heavy atom. The number of rotatable bonds is 7. The van der Waals surface area contributed by atoms with Crippen LogP contribution in [-0.2, 0) is 6.54 Å². The molecule has 1 aliphatic rings. The van der Waals surface area contributed by atoms with Crippen LogP contribution in [0.25, 0.3) is 0 Å². The van der Waals surface area contributed by atoms with Crippen LogP contribution in [0.4, 0.5) is 0 Å². The van der Waals surface area contributed by atoms with Crippen LogP contribution in [0.1, 0.15) is 12.5 Å². The number of hydrogen-bond acceptors (Lipinski definition) is 3. The average Bonchev–Trinajstić information content (AvgIpc) is 2.62. The van der Waals surface area contributed by atoms with E-state index in [1.807, 2.05) is 0 Å². The predicted molar refractivity (Wildman–Crippen MR) is 101 cm³/mol. The molecule has 130 valence electrons. The largest absolute Gasteiger partial charge is 0.357 e. The molecule has 2 rings (SSSR count). The van der Waals surface area contributed by atoms with E-state index in [-0.39, 0.29) is 0 Å². The molecule has 0 radical (unpaired) electrons. The van der Waals surface area contributed by atoms with Crippen molar-refractivity contribution in [1.82, 2.24) is 20.4 Å². The Morgan fingerprint density at radius 1 is 1.12 bits per heavy atom. The summed E-state index contributed by atoms with van der Waals surface area (Å²) < 4.78 is 0. The maximum atomic E-state index is 5.28. The van der Waals surface area contributed by atoms with Crippen molar-refractivity contribution in [2.24, 2.45) is 4.99 Å². The summed E-state index contributed by atoms with van der Waals surface area (Å²) in [7, 11) is 0. The highest BCUT2D eigenvalue weighted by molar-refractivity contribution is 5.79. The van der Waals surface area contributed by atoms with Gasteiger partial charge >= 0.3 is 0 Å². The van der Waals surface area contributed by atoms with Crippen molar-refractivity contribution in [3.63, 3.8) is 0 Å². The van der Waals surface area contributed by atoms with Gasteiger partial charge in [-0.2, -0.15) is 0 Å². The zero-order valence-corrected chi connectivity index (χ0v) is 14.7. The second-order valence-electron chi connectivity index (χ2n) is 5.92. The van der Waals surface area contributed by atoms with Gasteiger partial charge in [-0.3, -0.25) is 14.8 Å². The Labute approximate surface area is 146 Å². The van der Waals surface area contributed by atoms with Crippen LogP contribution >= 0.6 is 0 Å². The molecule has 1 heterocycles. The van der Waals surface area contributed by atoms with E-state index in [9.17, 15) is 0 Å².